The van der Waals surface area contributed by atoms with Crippen molar-refractivity contribution in [3.05, 3.63) is 72.1 Å². The normalized spacial score (nSPS) is 13.8. The molecule has 2 aromatic carbocycles. The number of rotatable bonds is 12. The molecule has 13 nitrogen and oxygen atoms in total. The van der Waals surface area contributed by atoms with Crippen LogP contribution in [-0.2, 0) is 37.7 Å². The van der Waals surface area contributed by atoms with Crippen molar-refractivity contribution in [2.75, 3.05) is 13.2 Å². The van der Waals surface area contributed by atoms with E-state index in [0.717, 1.165) is 11.1 Å². The van der Waals surface area contributed by atoms with E-state index in [4.69, 9.17) is 24.1 Å². The predicted molar refractivity (Wildman–Crippen MR) is 164 cm³/mol. The Morgan fingerprint density at radius 3 is 2.22 bits per heavy atom. The first kappa shape index (κ1) is 34.1. The van der Waals surface area contributed by atoms with Gasteiger partial charge in [-0.25, -0.2) is 14.4 Å². The van der Waals surface area contributed by atoms with Gasteiger partial charge in [-0.2, -0.15) is 9.57 Å². The molecule has 0 bridgehead atoms. The molecule has 1 N–H and O–H groups in total. The molecule has 4 rings (SSSR count). The van der Waals surface area contributed by atoms with Crippen molar-refractivity contribution in [2.45, 2.75) is 71.8 Å². The van der Waals surface area contributed by atoms with Crippen molar-refractivity contribution in [2.24, 2.45) is 7.05 Å². The molecule has 1 atom stereocenters. The Hall–Kier alpha value is -4.75. The van der Waals surface area contributed by atoms with E-state index >= 15 is 0 Å². The summed E-state index contributed by atoms with van der Waals surface area (Å²) < 4.78 is 15.4. The molecule has 0 spiro atoms. The number of nitrogens with one attached hydrogen (secondary N) is 1. The van der Waals surface area contributed by atoms with Crippen LogP contribution in [0.5, 0.6) is 5.75 Å². The predicted octanol–water partition coefficient (Wildman–Crippen LogP) is 4.14. The first-order valence-corrected chi connectivity index (χ1v) is 14.9. The zero-order chi connectivity index (χ0) is 33.6. The van der Waals surface area contributed by atoms with Crippen LogP contribution in [0.15, 0.2) is 60.9 Å². The van der Waals surface area contributed by atoms with E-state index in [9.17, 15) is 19.2 Å². The molecule has 46 heavy (non-hydrogen) atoms. The minimum absolute atomic E-state index is 0.189. The van der Waals surface area contributed by atoms with E-state index in [2.05, 4.69) is 5.32 Å². The summed E-state index contributed by atoms with van der Waals surface area (Å²) in [7, 11) is 1.91. The number of carbonyl (C=O) groups excluding carboxylic acids is 4. The Labute approximate surface area is 267 Å². The fourth-order valence-electron chi connectivity index (χ4n) is 4.39. The Balaban J connectivity index is 1.39. The lowest BCUT2D eigenvalue weighted by molar-refractivity contribution is -0.753. The molecule has 0 saturated carbocycles. The van der Waals surface area contributed by atoms with Crippen LogP contribution in [-0.4, -0.2) is 64.1 Å². The van der Waals surface area contributed by atoms with Gasteiger partial charge in [-0.15, -0.1) is 9.75 Å². The second-order valence-electron chi connectivity index (χ2n) is 12.7. The van der Waals surface area contributed by atoms with E-state index < -0.39 is 41.2 Å². The van der Waals surface area contributed by atoms with E-state index in [1.54, 1.807) is 65.8 Å². The molecular formula is C33H41N4O9+. The van der Waals surface area contributed by atoms with Crippen molar-refractivity contribution in [1.82, 2.24) is 15.1 Å². The average molecular weight is 638 g/mol. The number of benzene rings is 2. The van der Waals surface area contributed by atoms with Crippen LogP contribution in [0.1, 0.15) is 68.7 Å². The minimum Gasteiger partial charge on any atom is -0.490 e. The number of ether oxygens (including phenoxy) is 2. The number of aromatic nitrogens is 2. The van der Waals surface area contributed by atoms with Crippen LogP contribution in [0.25, 0.3) is 11.1 Å². The number of nitrogens with zero attached hydrogens (tertiary/aromatic N) is 3. The van der Waals surface area contributed by atoms with Crippen molar-refractivity contribution < 1.29 is 47.9 Å². The van der Waals surface area contributed by atoms with Gasteiger partial charge < -0.3 is 14.8 Å². The third kappa shape index (κ3) is 9.14. The minimum atomic E-state index is -1.41. The molecule has 3 aromatic rings. The van der Waals surface area contributed by atoms with Crippen molar-refractivity contribution in [1.29, 1.82) is 0 Å². The number of aryl methyl sites for hydroxylation is 2. The van der Waals surface area contributed by atoms with E-state index in [-0.39, 0.29) is 17.7 Å². The van der Waals surface area contributed by atoms with Crippen LogP contribution in [0.2, 0.25) is 0 Å². The van der Waals surface area contributed by atoms with Gasteiger partial charge in [-0.3, -0.25) is 14.5 Å². The van der Waals surface area contributed by atoms with Crippen LogP contribution in [0.3, 0.4) is 0 Å². The molecule has 2 heterocycles. The molecule has 1 aliphatic heterocycles. The number of imide groups is 1. The number of esters is 1. The first-order valence-electron chi connectivity index (χ1n) is 14.9. The zero-order valence-corrected chi connectivity index (χ0v) is 27.2. The fraction of sp³-hybridized carbons (Fsp3) is 0.424. The number of fused-ring (bicyclic) bond motifs is 1. The second-order valence-corrected chi connectivity index (χ2v) is 12.7. The molecule has 1 unspecified atom stereocenters. The lowest BCUT2D eigenvalue weighted by Crippen LogP contribution is -2.43. The number of carbonyl (C=O) groups is 4. The largest absolute Gasteiger partial charge is 0.490 e. The molecule has 1 aliphatic rings. The van der Waals surface area contributed by atoms with Gasteiger partial charge in [0.1, 0.15) is 23.6 Å². The number of amides is 3. The van der Waals surface area contributed by atoms with Crippen LogP contribution < -0.4 is 14.7 Å². The number of hydrogen-bond donors (Lipinski definition) is 1. The summed E-state index contributed by atoms with van der Waals surface area (Å²) in [5.41, 5.74) is 0.697. The molecule has 0 fully saturated rings. The van der Waals surface area contributed by atoms with Gasteiger partial charge in [0.05, 0.1) is 29.4 Å². The SMILES string of the molecule is C[n+]1cc(-c2cccc(OCC(ON3C(=O)c4ccccc4C3=O)C(=O)OC(C)(C)C)c2)cn1CCCNC(=O)OOC(C)(C)C. The lowest BCUT2D eigenvalue weighted by Gasteiger charge is -2.26. The molecular weight excluding hydrogens is 596 g/mol. The maximum Gasteiger partial charge on any atom is 0.438 e. The van der Waals surface area contributed by atoms with Gasteiger partial charge in [0.15, 0.2) is 7.05 Å². The molecule has 13 heteroatoms. The lowest BCUT2D eigenvalue weighted by atomic mass is 10.1. The van der Waals surface area contributed by atoms with E-state index in [1.807, 2.05) is 40.9 Å². The van der Waals surface area contributed by atoms with Crippen LogP contribution in [0.4, 0.5) is 4.79 Å². The molecule has 3 amide bonds. The van der Waals surface area contributed by atoms with Crippen LogP contribution in [0, 0.1) is 0 Å². The summed E-state index contributed by atoms with van der Waals surface area (Å²) in [6, 6.07) is 13.6. The highest BCUT2D eigenvalue weighted by molar-refractivity contribution is 6.20. The monoisotopic (exact) mass is 637 g/mol. The fourth-order valence-corrected chi connectivity index (χ4v) is 4.39. The summed E-state index contributed by atoms with van der Waals surface area (Å²) in [5.74, 6) is -1.68. The quantitative estimate of drug-likeness (QED) is 0.0775. The molecule has 246 valence electrons. The topological polar surface area (TPSA) is 139 Å². The maximum atomic E-state index is 13.1. The highest BCUT2D eigenvalue weighted by atomic mass is 17.2. The highest BCUT2D eigenvalue weighted by Gasteiger charge is 2.40. The van der Waals surface area contributed by atoms with Crippen LogP contribution >= 0.6 is 0 Å². The maximum absolute atomic E-state index is 13.1. The van der Waals surface area contributed by atoms with Gasteiger partial charge in [0.2, 0.25) is 12.3 Å². The van der Waals surface area contributed by atoms with Gasteiger partial charge >= 0.3 is 12.1 Å². The average Bonchev–Trinajstić information content (AvgIpc) is 3.47. The first-order chi connectivity index (χ1) is 21.6. The van der Waals surface area contributed by atoms with Gasteiger partial charge in [-0.05, 0) is 77.8 Å². The molecule has 1 aromatic heterocycles. The van der Waals surface area contributed by atoms with Crippen molar-refractivity contribution in [3.63, 3.8) is 0 Å². The summed E-state index contributed by atoms with van der Waals surface area (Å²) in [4.78, 5) is 66.0. The summed E-state index contributed by atoms with van der Waals surface area (Å²) >= 11 is 0. The van der Waals surface area contributed by atoms with E-state index in [0.29, 0.717) is 30.3 Å². The van der Waals surface area contributed by atoms with Gasteiger partial charge in [0.25, 0.3) is 11.8 Å². The van der Waals surface area contributed by atoms with Crippen molar-refractivity contribution >= 4 is 23.9 Å². The highest BCUT2D eigenvalue weighted by Crippen LogP contribution is 2.26. The zero-order valence-electron chi connectivity index (χ0n) is 27.2. The summed E-state index contributed by atoms with van der Waals surface area (Å²) in [5, 5.41) is 3.24. The Morgan fingerprint density at radius 1 is 0.913 bits per heavy atom. The van der Waals surface area contributed by atoms with Crippen molar-refractivity contribution in [3.8, 4) is 16.9 Å². The third-order valence-corrected chi connectivity index (χ3v) is 6.45. The standard InChI is InChI=1S/C33H40N4O9/c1-32(2,3)43-30(40)27(44-37-28(38)25-14-8-9-15-26(25)29(37)39)21-42-24-13-10-12-22(18-24)23-19-35(7)36(20-23)17-11-16-34-31(41)45-46-33(4,5)6/h8-10,12-15,18-20,27H,11,16-17,21H2,1-7H3/p+1. The summed E-state index contributed by atoms with van der Waals surface area (Å²) in [6.07, 6.45) is 2.51. The van der Waals surface area contributed by atoms with E-state index in [1.165, 1.54) is 12.1 Å². The van der Waals surface area contributed by atoms with Gasteiger partial charge in [0, 0.05) is 6.54 Å². The van der Waals surface area contributed by atoms with Gasteiger partial charge in [-0.1, -0.05) is 24.3 Å². The molecule has 0 radical (unpaired) electrons. The Morgan fingerprint density at radius 2 is 1.59 bits per heavy atom. The number of hydrogen-bond acceptors (Lipinski definition) is 9. The third-order valence-electron chi connectivity index (χ3n) is 6.45. The number of hydroxylamine groups is 2. The second kappa shape index (κ2) is 14.1. The Bertz CT molecular complexity index is 1550. The smallest absolute Gasteiger partial charge is 0.438 e. The molecule has 0 aliphatic carbocycles. The Kier molecular flexibility index (Phi) is 10.5. The molecule has 0 saturated heterocycles. The summed E-state index contributed by atoms with van der Waals surface area (Å²) in [6.45, 7) is 11.1.